The Balaban J connectivity index is 4.38. The molecule has 0 aromatic heterocycles. The average molecular weight is 244 g/mol. The molecule has 0 rings (SSSR count). The van der Waals surface area contributed by atoms with E-state index in [4.69, 9.17) is 10.8 Å². The monoisotopic (exact) mass is 244 g/mol. The molecule has 1 atom stereocenters. The lowest BCUT2D eigenvalue weighted by Crippen LogP contribution is -2.44. The Bertz CT molecular complexity index is 275. The van der Waals surface area contributed by atoms with Crippen molar-refractivity contribution < 1.29 is 14.7 Å². The molecule has 0 aliphatic rings. The van der Waals surface area contributed by atoms with Gasteiger partial charge in [0.25, 0.3) is 0 Å². The number of amides is 2. The zero-order chi connectivity index (χ0) is 13.6. The Labute approximate surface area is 103 Å². The molecule has 2 amide bonds. The summed E-state index contributed by atoms with van der Waals surface area (Å²) < 4.78 is 0. The van der Waals surface area contributed by atoms with Gasteiger partial charge in [0.05, 0.1) is 5.41 Å². The maximum atomic E-state index is 11.9. The van der Waals surface area contributed by atoms with Gasteiger partial charge >= 0.3 is 0 Å². The number of aliphatic hydroxyl groups excluding tert-OH is 1. The van der Waals surface area contributed by atoms with Gasteiger partial charge in [-0.1, -0.05) is 13.8 Å². The van der Waals surface area contributed by atoms with Crippen LogP contribution in [0.1, 0.15) is 34.1 Å². The summed E-state index contributed by atoms with van der Waals surface area (Å²) in [6.07, 6.45) is 0.431. The highest BCUT2D eigenvalue weighted by Gasteiger charge is 2.28. The van der Waals surface area contributed by atoms with E-state index in [1.54, 1.807) is 13.8 Å². The summed E-state index contributed by atoms with van der Waals surface area (Å²) in [5.41, 5.74) is 4.47. The smallest absolute Gasteiger partial charge is 0.224 e. The normalized spacial score (nSPS) is 13.5. The van der Waals surface area contributed by atoms with Crippen molar-refractivity contribution in [1.29, 1.82) is 0 Å². The zero-order valence-corrected chi connectivity index (χ0v) is 11.1. The lowest BCUT2D eigenvalue weighted by atomic mass is 9.89. The zero-order valence-electron chi connectivity index (χ0n) is 11.1. The molecule has 5 heteroatoms. The molecule has 0 heterocycles. The Morgan fingerprint density at radius 2 is 1.88 bits per heavy atom. The molecule has 100 valence electrons. The Kier molecular flexibility index (Phi) is 6.16. The summed E-state index contributed by atoms with van der Waals surface area (Å²) in [6.45, 7) is 7.43. The van der Waals surface area contributed by atoms with E-state index in [1.807, 2.05) is 13.8 Å². The highest BCUT2D eigenvalue weighted by atomic mass is 16.3. The molecule has 0 radical (unpaired) electrons. The van der Waals surface area contributed by atoms with Crippen molar-refractivity contribution >= 4 is 11.8 Å². The van der Waals surface area contributed by atoms with Crippen LogP contribution < -0.4 is 11.1 Å². The van der Waals surface area contributed by atoms with Gasteiger partial charge in [0, 0.05) is 19.1 Å². The first-order valence-electron chi connectivity index (χ1n) is 5.91. The molecule has 17 heavy (non-hydrogen) atoms. The van der Waals surface area contributed by atoms with Crippen LogP contribution in [0.15, 0.2) is 0 Å². The first kappa shape index (κ1) is 15.9. The number of primary amides is 1. The Morgan fingerprint density at radius 1 is 1.35 bits per heavy atom. The number of hydrogen-bond donors (Lipinski definition) is 3. The topological polar surface area (TPSA) is 92.4 Å². The number of carbonyl (C=O) groups excluding carboxylic acids is 2. The van der Waals surface area contributed by atoms with E-state index in [0.717, 1.165) is 0 Å². The van der Waals surface area contributed by atoms with Crippen LogP contribution in [-0.4, -0.2) is 30.1 Å². The Hall–Kier alpha value is -1.10. The molecular formula is C12H24N2O3. The summed E-state index contributed by atoms with van der Waals surface area (Å²) in [6, 6.07) is 0. The molecule has 0 fully saturated rings. The third kappa shape index (κ3) is 5.17. The fraction of sp³-hybridized carbons (Fsp3) is 0.833. The van der Waals surface area contributed by atoms with Gasteiger partial charge in [-0.15, -0.1) is 0 Å². The van der Waals surface area contributed by atoms with Crippen LogP contribution >= 0.6 is 0 Å². The van der Waals surface area contributed by atoms with Crippen molar-refractivity contribution in [3.8, 4) is 0 Å². The highest BCUT2D eigenvalue weighted by Crippen LogP contribution is 2.17. The highest BCUT2D eigenvalue weighted by molar-refractivity contribution is 5.82. The van der Waals surface area contributed by atoms with Crippen LogP contribution in [0.3, 0.4) is 0 Å². The predicted molar refractivity (Wildman–Crippen MR) is 66.0 cm³/mol. The summed E-state index contributed by atoms with van der Waals surface area (Å²) in [7, 11) is 0. The minimum Gasteiger partial charge on any atom is -0.396 e. The van der Waals surface area contributed by atoms with Gasteiger partial charge in [-0.3, -0.25) is 9.59 Å². The maximum Gasteiger partial charge on any atom is 0.224 e. The molecule has 0 saturated carbocycles. The first-order chi connectivity index (χ1) is 7.72. The summed E-state index contributed by atoms with van der Waals surface area (Å²) >= 11 is 0. The summed E-state index contributed by atoms with van der Waals surface area (Å²) in [4.78, 5) is 23.0. The molecule has 4 N–H and O–H groups in total. The second-order valence-electron chi connectivity index (χ2n) is 5.33. The van der Waals surface area contributed by atoms with Gasteiger partial charge in [-0.2, -0.15) is 0 Å². The van der Waals surface area contributed by atoms with E-state index < -0.39 is 11.3 Å². The van der Waals surface area contributed by atoms with Crippen LogP contribution in [0.5, 0.6) is 0 Å². The third-order valence-electron chi connectivity index (χ3n) is 2.95. The van der Waals surface area contributed by atoms with E-state index in [-0.39, 0.29) is 30.9 Å². The molecule has 0 aliphatic carbocycles. The van der Waals surface area contributed by atoms with Crippen molar-refractivity contribution in [1.82, 2.24) is 5.32 Å². The fourth-order valence-electron chi connectivity index (χ4n) is 1.43. The largest absolute Gasteiger partial charge is 0.396 e. The number of hydrogen-bond acceptors (Lipinski definition) is 3. The van der Waals surface area contributed by atoms with Crippen molar-refractivity contribution in [3.05, 3.63) is 0 Å². The second-order valence-corrected chi connectivity index (χ2v) is 5.33. The molecule has 1 unspecified atom stereocenters. The van der Waals surface area contributed by atoms with Crippen molar-refractivity contribution in [2.24, 2.45) is 23.0 Å². The minimum atomic E-state index is -0.754. The van der Waals surface area contributed by atoms with Gasteiger partial charge in [-0.25, -0.2) is 0 Å². The Morgan fingerprint density at radius 3 is 2.24 bits per heavy atom. The van der Waals surface area contributed by atoms with E-state index in [9.17, 15) is 9.59 Å². The fourth-order valence-corrected chi connectivity index (χ4v) is 1.43. The predicted octanol–water partition coefficient (Wildman–Crippen LogP) is 0.269. The molecular weight excluding hydrogens is 220 g/mol. The van der Waals surface area contributed by atoms with Crippen LogP contribution in [0, 0.1) is 17.3 Å². The van der Waals surface area contributed by atoms with Crippen molar-refractivity contribution in [2.75, 3.05) is 13.2 Å². The van der Waals surface area contributed by atoms with Gasteiger partial charge in [0.15, 0.2) is 0 Å². The van der Waals surface area contributed by atoms with Gasteiger partial charge in [0.2, 0.25) is 11.8 Å². The SMILES string of the molecule is CC(C)C(CCO)C(=O)NCC(C)(C)C(N)=O. The van der Waals surface area contributed by atoms with Crippen LogP contribution in [0.4, 0.5) is 0 Å². The van der Waals surface area contributed by atoms with E-state index in [2.05, 4.69) is 5.32 Å². The average Bonchev–Trinajstić information content (AvgIpc) is 2.22. The van der Waals surface area contributed by atoms with Gasteiger partial charge in [-0.05, 0) is 26.2 Å². The third-order valence-corrected chi connectivity index (χ3v) is 2.95. The molecule has 0 aliphatic heterocycles. The van der Waals surface area contributed by atoms with Crippen molar-refractivity contribution in [2.45, 2.75) is 34.1 Å². The molecule has 0 bridgehead atoms. The molecule has 0 aromatic rings. The number of rotatable bonds is 7. The summed E-state index contributed by atoms with van der Waals surface area (Å²) in [5, 5.41) is 11.6. The molecule has 0 saturated heterocycles. The van der Waals surface area contributed by atoms with E-state index in [0.29, 0.717) is 6.42 Å². The van der Waals surface area contributed by atoms with E-state index >= 15 is 0 Å². The lowest BCUT2D eigenvalue weighted by molar-refractivity contribution is -0.129. The standard InChI is InChI=1S/C12H24N2O3/c1-8(2)9(5-6-15)10(16)14-7-12(3,4)11(13)17/h8-9,15H,5-7H2,1-4H3,(H2,13,17)(H,14,16). The first-order valence-corrected chi connectivity index (χ1v) is 5.91. The van der Waals surface area contributed by atoms with Gasteiger partial charge in [0.1, 0.15) is 0 Å². The molecule has 0 aromatic carbocycles. The minimum absolute atomic E-state index is 0.0184. The second kappa shape index (κ2) is 6.59. The number of aliphatic hydroxyl groups is 1. The molecule has 5 nitrogen and oxygen atoms in total. The van der Waals surface area contributed by atoms with Gasteiger partial charge < -0.3 is 16.2 Å². The maximum absolute atomic E-state index is 11.9. The molecule has 0 spiro atoms. The number of nitrogens with one attached hydrogen (secondary N) is 1. The van der Waals surface area contributed by atoms with Crippen LogP contribution in [0.25, 0.3) is 0 Å². The number of carbonyl (C=O) groups is 2. The van der Waals surface area contributed by atoms with Crippen LogP contribution in [0.2, 0.25) is 0 Å². The van der Waals surface area contributed by atoms with Crippen molar-refractivity contribution in [3.63, 3.8) is 0 Å². The van der Waals surface area contributed by atoms with E-state index in [1.165, 1.54) is 0 Å². The summed E-state index contributed by atoms with van der Waals surface area (Å²) in [5.74, 6) is -0.660. The quantitative estimate of drug-likeness (QED) is 0.600. The lowest BCUT2D eigenvalue weighted by Gasteiger charge is -2.24. The number of nitrogens with two attached hydrogens (primary N) is 1. The van der Waals surface area contributed by atoms with Crippen LogP contribution in [-0.2, 0) is 9.59 Å².